The molecule has 0 aliphatic rings. The first-order valence-corrected chi connectivity index (χ1v) is 6.23. The first-order chi connectivity index (χ1) is 9.12. The number of methoxy groups -OCH3 is 1. The van der Waals surface area contributed by atoms with Crippen LogP contribution in [0.3, 0.4) is 0 Å². The quantitative estimate of drug-likeness (QED) is 0.764. The van der Waals surface area contributed by atoms with Gasteiger partial charge >= 0.3 is 5.97 Å². The van der Waals surface area contributed by atoms with Crippen molar-refractivity contribution in [1.82, 2.24) is 0 Å². The Morgan fingerprint density at radius 1 is 1.42 bits per heavy atom. The molecule has 106 valence electrons. The van der Waals surface area contributed by atoms with E-state index in [-0.39, 0.29) is 25.1 Å². The summed E-state index contributed by atoms with van der Waals surface area (Å²) in [5.41, 5.74) is 4.82. The maximum atomic E-state index is 14.0. The summed E-state index contributed by atoms with van der Waals surface area (Å²) >= 11 is 0. The largest absolute Gasteiger partial charge is 0.465 e. The van der Waals surface area contributed by atoms with Crippen LogP contribution in [0.2, 0.25) is 0 Å². The van der Waals surface area contributed by atoms with E-state index in [1.165, 1.54) is 13.2 Å². The van der Waals surface area contributed by atoms with Crippen molar-refractivity contribution in [2.24, 2.45) is 5.73 Å². The van der Waals surface area contributed by atoms with Gasteiger partial charge in [0.25, 0.3) is 0 Å². The molecule has 0 bridgehead atoms. The second-order valence-corrected chi connectivity index (χ2v) is 4.23. The van der Waals surface area contributed by atoms with E-state index in [4.69, 9.17) is 15.2 Å². The Balaban J connectivity index is 3.23. The van der Waals surface area contributed by atoms with Gasteiger partial charge in [0.15, 0.2) is 0 Å². The molecule has 4 nitrogen and oxygen atoms in total. The van der Waals surface area contributed by atoms with E-state index in [2.05, 4.69) is 0 Å². The molecule has 1 aromatic rings. The second kappa shape index (κ2) is 7.21. The zero-order valence-corrected chi connectivity index (χ0v) is 11.3. The number of ether oxygens (including phenoxy) is 2. The van der Waals surface area contributed by atoms with Gasteiger partial charge in [0.2, 0.25) is 0 Å². The summed E-state index contributed by atoms with van der Waals surface area (Å²) in [6.07, 6.45) is 0.278. The van der Waals surface area contributed by atoms with Gasteiger partial charge in [0.05, 0.1) is 6.61 Å². The average molecular weight is 269 g/mol. The summed E-state index contributed by atoms with van der Waals surface area (Å²) in [6, 6.07) is 6.12. The number of hydrogen-bond donors (Lipinski definition) is 1. The van der Waals surface area contributed by atoms with Gasteiger partial charge in [-0.15, -0.1) is 0 Å². The Bertz CT molecular complexity index is 425. The molecule has 5 heteroatoms. The fourth-order valence-electron chi connectivity index (χ4n) is 2.04. The van der Waals surface area contributed by atoms with Crippen molar-refractivity contribution < 1.29 is 18.7 Å². The normalized spacial score (nSPS) is 13.9. The molecule has 1 rings (SSSR count). The molecule has 0 saturated heterocycles. The molecule has 1 aromatic carbocycles. The van der Waals surface area contributed by atoms with E-state index in [0.29, 0.717) is 6.61 Å². The number of carbonyl (C=O) groups is 1. The summed E-state index contributed by atoms with van der Waals surface area (Å²) < 4.78 is 24.1. The van der Waals surface area contributed by atoms with Gasteiger partial charge in [-0.05, 0) is 19.4 Å². The van der Waals surface area contributed by atoms with Gasteiger partial charge in [-0.25, -0.2) is 4.39 Å². The molecule has 0 saturated carbocycles. The van der Waals surface area contributed by atoms with E-state index < -0.39 is 17.2 Å². The summed E-state index contributed by atoms with van der Waals surface area (Å²) in [6.45, 7) is 2.19. The zero-order chi connectivity index (χ0) is 14.3. The molecule has 0 aliphatic carbocycles. The Kier molecular flexibility index (Phi) is 5.92. The van der Waals surface area contributed by atoms with Crippen LogP contribution in [0.1, 0.15) is 18.9 Å². The van der Waals surface area contributed by atoms with E-state index in [1.54, 1.807) is 25.1 Å². The van der Waals surface area contributed by atoms with Gasteiger partial charge in [-0.2, -0.15) is 0 Å². The van der Waals surface area contributed by atoms with Crippen molar-refractivity contribution in [3.8, 4) is 0 Å². The lowest BCUT2D eigenvalue weighted by Crippen LogP contribution is -2.45. The number of hydrogen-bond acceptors (Lipinski definition) is 4. The third-order valence-corrected chi connectivity index (χ3v) is 3.14. The van der Waals surface area contributed by atoms with Crippen LogP contribution in [0.25, 0.3) is 0 Å². The lowest BCUT2D eigenvalue weighted by atomic mass is 9.77. The van der Waals surface area contributed by atoms with Crippen LogP contribution < -0.4 is 5.73 Å². The highest BCUT2D eigenvalue weighted by molar-refractivity contribution is 5.83. The van der Waals surface area contributed by atoms with Gasteiger partial charge in [0.1, 0.15) is 11.2 Å². The SMILES string of the molecule is CCOC(=O)C(CN)(CCOC)c1ccccc1F. The highest BCUT2D eigenvalue weighted by atomic mass is 19.1. The Hall–Kier alpha value is -1.46. The minimum Gasteiger partial charge on any atom is -0.465 e. The Labute approximate surface area is 112 Å². The van der Waals surface area contributed by atoms with Crippen molar-refractivity contribution in [3.05, 3.63) is 35.6 Å². The van der Waals surface area contributed by atoms with Crippen LogP contribution >= 0.6 is 0 Å². The van der Waals surface area contributed by atoms with Gasteiger partial charge < -0.3 is 15.2 Å². The Morgan fingerprint density at radius 2 is 2.11 bits per heavy atom. The predicted molar refractivity (Wildman–Crippen MR) is 70.3 cm³/mol. The van der Waals surface area contributed by atoms with Crippen LogP contribution in [0, 0.1) is 5.82 Å². The van der Waals surface area contributed by atoms with Crippen molar-refractivity contribution in [2.45, 2.75) is 18.8 Å². The average Bonchev–Trinajstić information content (AvgIpc) is 2.42. The Morgan fingerprint density at radius 3 is 2.63 bits per heavy atom. The molecule has 2 N–H and O–H groups in total. The fraction of sp³-hybridized carbons (Fsp3) is 0.500. The standard InChI is InChI=1S/C14H20FNO3/c1-3-19-13(17)14(10-16,8-9-18-2)11-6-4-5-7-12(11)15/h4-7H,3,8-10,16H2,1-2H3. The molecule has 0 amide bonds. The molecule has 1 atom stereocenters. The minimum atomic E-state index is -1.20. The summed E-state index contributed by atoms with van der Waals surface area (Å²) in [5.74, 6) is -0.975. The molecular formula is C14H20FNO3. The maximum Gasteiger partial charge on any atom is 0.318 e. The highest BCUT2D eigenvalue weighted by Crippen LogP contribution is 2.31. The van der Waals surface area contributed by atoms with E-state index >= 15 is 0 Å². The topological polar surface area (TPSA) is 61.5 Å². The van der Waals surface area contributed by atoms with Crippen LogP contribution in [-0.2, 0) is 19.7 Å². The summed E-state index contributed by atoms with van der Waals surface area (Å²) in [4.78, 5) is 12.2. The molecule has 0 fully saturated rings. The minimum absolute atomic E-state index is 0.0316. The van der Waals surface area contributed by atoms with Gasteiger partial charge in [0, 0.05) is 25.8 Å². The van der Waals surface area contributed by atoms with Crippen LogP contribution in [0.5, 0.6) is 0 Å². The lowest BCUT2D eigenvalue weighted by Gasteiger charge is -2.30. The van der Waals surface area contributed by atoms with E-state index in [1.807, 2.05) is 0 Å². The zero-order valence-electron chi connectivity index (χ0n) is 11.3. The van der Waals surface area contributed by atoms with Crippen molar-refractivity contribution in [3.63, 3.8) is 0 Å². The van der Waals surface area contributed by atoms with Crippen LogP contribution in [-0.4, -0.2) is 32.8 Å². The molecule has 0 radical (unpaired) electrons. The molecule has 0 aromatic heterocycles. The number of carbonyl (C=O) groups excluding carboxylic acids is 1. The lowest BCUT2D eigenvalue weighted by molar-refractivity contribution is -0.150. The number of esters is 1. The van der Waals surface area contributed by atoms with Crippen molar-refractivity contribution in [2.75, 3.05) is 26.9 Å². The number of nitrogens with two attached hydrogens (primary N) is 1. The third kappa shape index (κ3) is 3.30. The number of rotatable bonds is 7. The number of halogens is 1. The molecule has 1 unspecified atom stereocenters. The smallest absolute Gasteiger partial charge is 0.318 e. The van der Waals surface area contributed by atoms with Crippen LogP contribution in [0.4, 0.5) is 4.39 Å². The summed E-state index contributed by atoms with van der Waals surface area (Å²) in [5, 5.41) is 0. The molecule has 0 heterocycles. The first-order valence-electron chi connectivity index (χ1n) is 6.23. The molecule has 19 heavy (non-hydrogen) atoms. The van der Waals surface area contributed by atoms with E-state index in [0.717, 1.165) is 0 Å². The molecular weight excluding hydrogens is 249 g/mol. The predicted octanol–water partition coefficient (Wildman–Crippen LogP) is 1.62. The van der Waals surface area contributed by atoms with Crippen molar-refractivity contribution >= 4 is 5.97 Å². The molecule has 0 spiro atoms. The monoisotopic (exact) mass is 269 g/mol. The van der Waals surface area contributed by atoms with E-state index in [9.17, 15) is 9.18 Å². The highest BCUT2D eigenvalue weighted by Gasteiger charge is 2.42. The third-order valence-electron chi connectivity index (χ3n) is 3.14. The summed E-state index contributed by atoms with van der Waals surface area (Å²) in [7, 11) is 1.52. The number of benzene rings is 1. The maximum absolute atomic E-state index is 14.0. The van der Waals surface area contributed by atoms with Gasteiger partial charge in [-0.1, -0.05) is 18.2 Å². The van der Waals surface area contributed by atoms with Gasteiger partial charge in [-0.3, -0.25) is 4.79 Å². The fourth-order valence-corrected chi connectivity index (χ4v) is 2.04. The molecule has 0 aliphatic heterocycles. The van der Waals surface area contributed by atoms with Crippen LogP contribution in [0.15, 0.2) is 24.3 Å². The van der Waals surface area contributed by atoms with Crippen molar-refractivity contribution in [1.29, 1.82) is 0 Å². The second-order valence-electron chi connectivity index (χ2n) is 4.23. The first kappa shape index (κ1) is 15.6.